The minimum Gasteiger partial charge on any atom is -0.237 e. The largest absolute Gasteiger partial charge is 0.269 e. The van der Waals surface area contributed by atoms with E-state index in [9.17, 15) is 8.42 Å². The Morgan fingerprint density at radius 1 is 0.806 bits per heavy atom. The summed E-state index contributed by atoms with van der Waals surface area (Å²) in [5, 5.41) is 1.71. The fraction of sp³-hybridized carbons (Fsp3) is 0. The molecular weight excluding hydrogens is 428 g/mol. The molecule has 0 unspecified atom stereocenters. The summed E-state index contributed by atoms with van der Waals surface area (Å²) in [6.07, 6.45) is 1.51. The van der Waals surface area contributed by atoms with Crippen molar-refractivity contribution in [2.75, 3.05) is 0 Å². The van der Waals surface area contributed by atoms with Crippen molar-refractivity contribution in [2.45, 2.75) is 4.90 Å². The number of fused-ring (bicyclic) bond motifs is 3. The molecule has 4 nitrogen and oxygen atoms in total. The second kappa shape index (κ2) is 7.59. The zero-order valence-corrected chi connectivity index (χ0v) is 17.7. The van der Waals surface area contributed by atoms with Crippen molar-refractivity contribution in [2.24, 2.45) is 0 Å². The van der Waals surface area contributed by atoms with Crippen LogP contribution in [0.25, 0.3) is 21.9 Å². The summed E-state index contributed by atoms with van der Waals surface area (Å²) in [5.74, 6) is 6.27. The van der Waals surface area contributed by atoms with Crippen LogP contribution in [0.3, 0.4) is 0 Å². The first-order valence-electron chi connectivity index (χ1n) is 9.52. The lowest BCUT2D eigenvalue weighted by molar-refractivity contribution is 0.590. The zero-order chi connectivity index (χ0) is 21.4. The van der Waals surface area contributed by atoms with Crippen molar-refractivity contribution in [3.63, 3.8) is 0 Å². The minimum atomic E-state index is -3.87. The van der Waals surface area contributed by atoms with E-state index < -0.39 is 10.0 Å². The fourth-order valence-electron chi connectivity index (χ4n) is 3.54. The van der Waals surface area contributed by atoms with Crippen molar-refractivity contribution in [3.05, 3.63) is 107 Å². The molecule has 0 bridgehead atoms. The van der Waals surface area contributed by atoms with Gasteiger partial charge in [0.1, 0.15) is 0 Å². The number of hydrogen-bond acceptors (Lipinski definition) is 3. The van der Waals surface area contributed by atoms with Gasteiger partial charge in [-0.1, -0.05) is 59.8 Å². The number of aromatic nitrogens is 2. The van der Waals surface area contributed by atoms with Gasteiger partial charge in [-0.3, -0.25) is 0 Å². The fourth-order valence-corrected chi connectivity index (χ4v) is 5.28. The van der Waals surface area contributed by atoms with Crippen LogP contribution in [0.15, 0.2) is 96.0 Å². The second-order valence-corrected chi connectivity index (χ2v) is 9.12. The first-order valence-corrected chi connectivity index (χ1v) is 11.3. The van der Waals surface area contributed by atoms with Gasteiger partial charge in [-0.25, -0.2) is 17.4 Å². The topological polar surface area (TPSA) is 52.0 Å². The quantitative estimate of drug-likeness (QED) is 0.340. The first-order chi connectivity index (χ1) is 15.1. The number of hydrogen-bond donors (Lipinski definition) is 0. The highest BCUT2D eigenvalue weighted by molar-refractivity contribution is 7.90. The Kier molecular flexibility index (Phi) is 4.74. The summed E-state index contributed by atoms with van der Waals surface area (Å²) in [5.41, 5.74) is 2.45. The number of benzene rings is 3. The third kappa shape index (κ3) is 3.36. The predicted molar refractivity (Wildman–Crippen MR) is 124 cm³/mol. The summed E-state index contributed by atoms with van der Waals surface area (Å²) in [4.78, 5) is 4.54. The summed E-state index contributed by atoms with van der Waals surface area (Å²) >= 11 is 6.49. The molecular formula is C25H15ClN2O2S. The van der Waals surface area contributed by atoms with Gasteiger partial charge >= 0.3 is 0 Å². The van der Waals surface area contributed by atoms with Crippen LogP contribution >= 0.6 is 11.6 Å². The lowest BCUT2D eigenvalue weighted by Gasteiger charge is -2.08. The van der Waals surface area contributed by atoms with E-state index in [0.29, 0.717) is 27.0 Å². The van der Waals surface area contributed by atoms with Gasteiger partial charge in [0.05, 0.1) is 15.4 Å². The molecule has 0 radical (unpaired) electrons. The van der Waals surface area contributed by atoms with Crippen LogP contribution in [-0.2, 0) is 10.0 Å². The number of rotatable bonds is 2. The molecule has 2 aromatic heterocycles. The minimum absolute atomic E-state index is 0.184. The van der Waals surface area contributed by atoms with Gasteiger partial charge in [-0.15, -0.1) is 0 Å². The molecule has 0 aliphatic carbocycles. The molecule has 0 saturated heterocycles. The molecule has 31 heavy (non-hydrogen) atoms. The van der Waals surface area contributed by atoms with Crippen LogP contribution < -0.4 is 0 Å². The van der Waals surface area contributed by atoms with E-state index >= 15 is 0 Å². The lowest BCUT2D eigenvalue weighted by atomic mass is 10.1. The number of nitrogens with zero attached hydrogens (tertiary/aromatic N) is 2. The Morgan fingerprint density at radius 3 is 2.23 bits per heavy atom. The van der Waals surface area contributed by atoms with Gasteiger partial charge < -0.3 is 0 Å². The Labute approximate surface area is 184 Å². The molecule has 0 atom stereocenters. The standard InChI is InChI=1S/C25H15ClN2O2S/c26-22-15-16-27-25-24(22)21-17-19(12-11-18-7-3-1-4-8-18)13-14-23(21)28(25)31(29,30)20-9-5-2-6-10-20/h1-10,13-17H. The van der Waals surface area contributed by atoms with Crippen LogP contribution in [0.5, 0.6) is 0 Å². The van der Waals surface area contributed by atoms with Gasteiger partial charge in [-0.05, 0) is 48.5 Å². The normalized spacial score (nSPS) is 11.4. The Morgan fingerprint density at radius 2 is 1.48 bits per heavy atom. The van der Waals surface area contributed by atoms with Gasteiger partial charge in [0.15, 0.2) is 5.65 Å². The van der Waals surface area contributed by atoms with Crippen molar-refractivity contribution in [3.8, 4) is 11.8 Å². The van der Waals surface area contributed by atoms with E-state index in [4.69, 9.17) is 11.6 Å². The van der Waals surface area contributed by atoms with Crippen LogP contribution in [0.2, 0.25) is 5.02 Å². The molecule has 0 N–H and O–H groups in total. The Hall–Kier alpha value is -3.59. The van der Waals surface area contributed by atoms with Gasteiger partial charge in [0, 0.05) is 28.1 Å². The summed E-state index contributed by atoms with van der Waals surface area (Å²) in [6, 6.07) is 25.0. The van der Waals surface area contributed by atoms with Crippen molar-refractivity contribution < 1.29 is 8.42 Å². The number of pyridine rings is 1. The maximum Gasteiger partial charge on any atom is 0.269 e. The average Bonchev–Trinajstić information content (AvgIpc) is 3.14. The van der Waals surface area contributed by atoms with E-state index in [0.717, 1.165) is 11.1 Å². The molecule has 2 heterocycles. The highest BCUT2D eigenvalue weighted by atomic mass is 35.5. The van der Waals surface area contributed by atoms with Crippen LogP contribution in [0.4, 0.5) is 0 Å². The smallest absolute Gasteiger partial charge is 0.237 e. The van der Waals surface area contributed by atoms with Crippen molar-refractivity contribution >= 4 is 43.6 Å². The molecule has 0 aliphatic rings. The second-order valence-electron chi connectivity index (χ2n) is 6.92. The first kappa shape index (κ1) is 19.4. The maximum absolute atomic E-state index is 13.5. The van der Waals surface area contributed by atoms with Gasteiger partial charge in [-0.2, -0.15) is 0 Å². The highest BCUT2D eigenvalue weighted by Crippen LogP contribution is 2.35. The Bertz CT molecular complexity index is 1600. The molecule has 0 aliphatic heterocycles. The van der Waals surface area contributed by atoms with Gasteiger partial charge in [0.2, 0.25) is 0 Å². The SMILES string of the molecule is O=S(=O)(c1ccccc1)n1c2ccc(C#Cc3ccccc3)cc2c2c(Cl)ccnc21. The molecule has 6 heteroatoms. The lowest BCUT2D eigenvalue weighted by Crippen LogP contribution is -2.13. The van der Waals surface area contributed by atoms with Crippen LogP contribution in [0.1, 0.15) is 11.1 Å². The van der Waals surface area contributed by atoms with Gasteiger partial charge in [0.25, 0.3) is 10.0 Å². The van der Waals surface area contributed by atoms with Crippen LogP contribution in [-0.4, -0.2) is 17.4 Å². The molecule has 0 fully saturated rings. The predicted octanol–water partition coefficient (Wildman–Crippen LogP) is 5.48. The average molecular weight is 443 g/mol. The van der Waals surface area contributed by atoms with E-state index in [-0.39, 0.29) is 4.90 Å². The Balaban J connectivity index is 1.78. The molecule has 0 saturated carbocycles. The zero-order valence-electron chi connectivity index (χ0n) is 16.2. The van der Waals surface area contributed by atoms with Crippen LogP contribution in [0, 0.1) is 11.8 Å². The summed E-state index contributed by atoms with van der Waals surface area (Å²) < 4.78 is 28.2. The number of halogens is 1. The molecule has 5 aromatic rings. The summed E-state index contributed by atoms with van der Waals surface area (Å²) in [6.45, 7) is 0. The molecule has 150 valence electrons. The molecule has 3 aromatic carbocycles. The summed E-state index contributed by atoms with van der Waals surface area (Å²) in [7, 11) is -3.87. The molecule has 0 spiro atoms. The monoisotopic (exact) mass is 442 g/mol. The molecule has 5 rings (SSSR count). The van der Waals surface area contributed by atoms with E-state index in [1.807, 2.05) is 42.5 Å². The van der Waals surface area contributed by atoms with Crippen molar-refractivity contribution in [1.82, 2.24) is 8.96 Å². The van der Waals surface area contributed by atoms with Crippen molar-refractivity contribution in [1.29, 1.82) is 0 Å². The maximum atomic E-state index is 13.5. The highest BCUT2D eigenvalue weighted by Gasteiger charge is 2.25. The van der Waals surface area contributed by atoms with E-state index in [1.165, 1.54) is 10.2 Å². The van der Waals surface area contributed by atoms with E-state index in [2.05, 4.69) is 16.8 Å². The molecule has 0 amide bonds. The third-order valence-corrected chi connectivity index (χ3v) is 7.00. The van der Waals surface area contributed by atoms with E-state index in [1.54, 1.807) is 42.5 Å². The third-order valence-electron chi connectivity index (χ3n) is 4.96.